The molecule has 236 valence electrons. The summed E-state index contributed by atoms with van der Waals surface area (Å²) in [5.74, 6) is -0.358. The molecule has 2 aromatic carbocycles. The zero-order valence-corrected chi connectivity index (χ0v) is 26.3. The molecular formula is C34H43N9O2. The Bertz CT molecular complexity index is 1770. The molecule has 0 spiro atoms. The van der Waals surface area contributed by atoms with Crippen molar-refractivity contribution in [2.45, 2.75) is 44.7 Å². The smallest absolute Gasteiger partial charge is 0.271 e. The normalized spacial score (nSPS) is 19.4. The number of rotatable bonds is 6. The van der Waals surface area contributed by atoms with Crippen LogP contribution in [0.5, 0.6) is 0 Å². The number of nitrogens with one attached hydrogen (secondary N) is 2. The Morgan fingerprint density at radius 1 is 0.911 bits per heavy atom. The monoisotopic (exact) mass is 609 g/mol. The predicted octanol–water partition coefficient (Wildman–Crippen LogP) is 3.78. The summed E-state index contributed by atoms with van der Waals surface area (Å²) >= 11 is 0. The van der Waals surface area contributed by atoms with Crippen LogP contribution < -0.4 is 21.4 Å². The van der Waals surface area contributed by atoms with Crippen molar-refractivity contribution in [3.63, 3.8) is 0 Å². The summed E-state index contributed by atoms with van der Waals surface area (Å²) in [4.78, 5) is 30.1. The van der Waals surface area contributed by atoms with Crippen molar-refractivity contribution in [1.82, 2.24) is 24.3 Å². The zero-order chi connectivity index (χ0) is 31.1. The summed E-state index contributed by atoms with van der Waals surface area (Å²) in [7, 11) is 2.21. The van der Waals surface area contributed by atoms with E-state index in [2.05, 4.69) is 39.2 Å². The molecule has 11 heteroatoms. The first-order valence-corrected chi connectivity index (χ1v) is 16.2. The van der Waals surface area contributed by atoms with Gasteiger partial charge in [-0.25, -0.2) is 9.97 Å². The third-order valence-electron chi connectivity index (χ3n) is 9.84. The van der Waals surface area contributed by atoms with Crippen molar-refractivity contribution < 1.29 is 9.53 Å². The van der Waals surface area contributed by atoms with E-state index < -0.39 is 5.91 Å². The molecular weight excluding hydrogens is 566 g/mol. The number of likely N-dealkylation sites (N-methyl/N-ethyl adjacent to an activating group) is 1. The molecule has 3 saturated heterocycles. The fourth-order valence-electron chi connectivity index (χ4n) is 7.20. The van der Waals surface area contributed by atoms with Crippen LogP contribution in [-0.4, -0.2) is 95.8 Å². The van der Waals surface area contributed by atoms with Gasteiger partial charge in [0.1, 0.15) is 11.0 Å². The maximum Gasteiger partial charge on any atom is 0.271 e. The molecule has 3 fully saturated rings. The number of carbonyl (C=O) groups excluding carboxylic acids is 1. The summed E-state index contributed by atoms with van der Waals surface area (Å²) in [5, 5.41) is 14.1. The summed E-state index contributed by atoms with van der Waals surface area (Å²) in [6.07, 6.45) is 3.91. The van der Waals surface area contributed by atoms with E-state index in [0.29, 0.717) is 41.7 Å². The lowest BCUT2D eigenvalue weighted by molar-refractivity contribution is 0.0695. The number of ether oxygens (including phenoxy) is 1. The van der Waals surface area contributed by atoms with Crippen LogP contribution in [0.3, 0.4) is 0 Å². The van der Waals surface area contributed by atoms with Crippen LogP contribution in [-0.2, 0) is 4.74 Å². The van der Waals surface area contributed by atoms with Crippen molar-refractivity contribution in [2.24, 2.45) is 5.73 Å². The fraction of sp³-hybridized carbons (Fsp3) is 0.471. The van der Waals surface area contributed by atoms with Crippen molar-refractivity contribution >= 4 is 45.0 Å². The van der Waals surface area contributed by atoms with E-state index in [4.69, 9.17) is 20.4 Å². The van der Waals surface area contributed by atoms with Crippen LogP contribution in [0.15, 0.2) is 42.5 Å². The van der Waals surface area contributed by atoms with Gasteiger partial charge in [0.05, 0.1) is 0 Å². The Morgan fingerprint density at radius 2 is 1.62 bits per heavy atom. The number of amides is 1. The number of fused-ring (bicyclic) bond motifs is 3. The highest BCUT2D eigenvalue weighted by atomic mass is 16.5. The van der Waals surface area contributed by atoms with Crippen LogP contribution in [0, 0.1) is 12.3 Å². The number of carbonyl (C=O) groups is 1. The van der Waals surface area contributed by atoms with Crippen LogP contribution >= 0.6 is 0 Å². The Labute approximate surface area is 263 Å². The Hall–Kier alpha value is -4.06. The topological polar surface area (TPSA) is 129 Å². The molecule has 4 aromatic rings. The minimum Gasteiger partial charge on any atom is -0.381 e. The van der Waals surface area contributed by atoms with Gasteiger partial charge in [0.2, 0.25) is 0 Å². The van der Waals surface area contributed by atoms with Gasteiger partial charge in [-0.3, -0.25) is 15.1 Å². The standard InChI is InChI=1S/C34H43N9O2/c1-22-3-8-27-28(21-22)29-34(43(31(27)35)26-11-19-45-20-12-26)39-33(30(38-29)32(36)44)37-23-4-6-24(7-5-23)41-13-9-25(10-14-41)42-17-15-40(2)16-18-42/h3-8,21,25-26,35H,9-20H2,1-2H3,(H2,36,44)(H,37,39). The van der Waals surface area contributed by atoms with Gasteiger partial charge in [-0.2, -0.15) is 0 Å². The number of anilines is 3. The second kappa shape index (κ2) is 12.4. The molecule has 0 radical (unpaired) electrons. The van der Waals surface area contributed by atoms with Crippen LogP contribution in [0.2, 0.25) is 0 Å². The number of pyridine rings is 1. The van der Waals surface area contributed by atoms with Crippen molar-refractivity contribution in [3.05, 3.63) is 59.2 Å². The molecule has 1 amide bonds. The molecule has 3 aliphatic heterocycles. The Kier molecular flexibility index (Phi) is 8.15. The second-order valence-corrected chi connectivity index (χ2v) is 12.8. The first-order chi connectivity index (χ1) is 21.9. The molecule has 11 nitrogen and oxygen atoms in total. The van der Waals surface area contributed by atoms with Gasteiger partial charge >= 0.3 is 0 Å². The highest BCUT2D eigenvalue weighted by Gasteiger charge is 2.27. The average Bonchev–Trinajstić information content (AvgIpc) is 3.06. The molecule has 45 heavy (non-hydrogen) atoms. The number of hydrogen-bond donors (Lipinski definition) is 3. The lowest BCUT2D eigenvalue weighted by Crippen LogP contribution is -2.52. The first kappa shape index (κ1) is 29.6. The lowest BCUT2D eigenvalue weighted by Gasteiger charge is -2.42. The number of aromatic nitrogens is 3. The molecule has 4 N–H and O–H groups in total. The minimum absolute atomic E-state index is 0.0423. The van der Waals surface area contributed by atoms with Crippen molar-refractivity contribution in [3.8, 4) is 0 Å². The molecule has 3 aliphatic rings. The van der Waals surface area contributed by atoms with E-state index in [1.165, 1.54) is 31.6 Å². The number of benzene rings is 2. The summed E-state index contributed by atoms with van der Waals surface area (Å²) < 4.78 is 7.59. The van der Waals surface area contributed by atoms with E-state index >= 15 is 0 Å². The van der Waals surface area contributed by atoms with E-state index in [0.717, 1.165) is 61.0 Å². The second-order valence-electron chi connectivity index (χ2n) is 12.8. The highest BCUT2D eigenvalue weighted by Crippen LogP contribution is 2.31. The molecule has 0 aliphatic carbocycles. The number of aryl methyl sites for hydroxylation is 1. The van der Waals surface area contributed by atoms with E-state index in [9.17, 15) is 10.2 Å². The number of nitrogens with two attached hydrogens (primary N) is 1. The molecule has 2 aromatic heterocycles. The fourth-order valence-corrected chi connectivity index (χ4v) is 7.20. The van der Waals surface area contributed by atoms with Crippen LogP contribution in [0.25, 0.3) is 21.9 Å². The maximum atomic E-state index is 12.7. The average molecular weight is 610 g/mol. The molecule has 5 heterocycles. The highest BCUT2D eigenvalue weighted by molar-refractivity contribution is 6.05. The molecule has 0 bridgehead atoms. The maximum absolute atomic E-state index is 12.7. The molecule has 0 saturated carbocycles. The summed E-state index contributed by atoms with van der Waals surface area (Å²) in [5.41, 5.74) is 10.5. The largest absolute Gasteiger partial charge is 0.381 e. The molecule has 7 rings (SSSR count). The van der Waals surface area contributed by atoms with Gasteiger partial charge in [0.15, 0.2) is 17.2 Å². The quantitative estimate of drug-likeness (QED) is 0.282. The number of piperazine rings is 1. The third-order valence-corrected chi connectivity index (χ3v) is 9.84. The van der Waals surface area contributed by atoms with E-state index in [-0.39, 0.29) is 11.7 Å². The Morgan fingerprint density at radius 3 is 2.31 bits per heavy atom. The Balaban J connectivity index is 1.18. The molecule has 0 unspecified atom stereocenters. The van der Waals surface area contributed by atoms with Gasteiger partial charge in [-0.1, -0.05) is 17.7 Å². The molecule has 0 atom stereocenters. The van der Waals surface area contributed by atoms with Gasteiger partial charge in [0.25, 0.3) is 5.91 Å². The lowest BCUT2D eigenvalue weighted by atomic mass is 10.0. The van der Waals surface area contributed by atoms with Crippen molar-refractivity contribution in [2.75, 3.05) is 69.7 Å². The minimum atomic E-state index is -0.653. The third kappa shape index (κ3) is 5.87. The number of hydrogen-bond acceptors (Lipinski definition) is 9. The van der Waals surface area contributed by atoms with Gasteiger partial charge < -0.3 is 30.2 Å². The van der Waals surface area contributed by atoms with E-state index in [1.54, 1.807) is 0 Å². The predicted molar refractivity (Wildman–Crippen MR) is 177 cm³/mol. The number of primary amides is 1. The summed E-state index contributed by atoms with van der Waals surface area (Å²) in [6.45, 7) is 9.99. The SMILES string of the molecule is Cc1ccc2c(=N)n(C3CCOCC3)c3nc(Nc4ccc(N5CCC(N6CCN(C)CC6)CC5)cc4)c(C(N)=O)nc3c2c1. The van der Waals surface area contributed by atoms with Gasteiger partial charge in [-0.05, 0) is 70.0 Å². The van der Waals surface area contributed by atoms with E-state index in [1.807, 2.05) is 41.8 Å². The van der Waals surface area contributed by atoms with Gasteiger partial charge in [-0.15, -0.1) is 0 Å². The number of nitrogens with zero attached hydrogens (tertiary/aromatic N) is 6. The number of piperidine rings is 1. The van der Waals surface area contributed by atoms with Crippen LogP contribution in [0.1, 0.15) is 47.8 Å². The zero-order valence-electron chi connectivity index (χ0n) is 26.3. The first-order valence-electron chi connectivity index (χ1n) is 16.2. The van der Waals surface area contributed by atoms with Crippen LogP contribution in [0.4, 0.5) is 17.2 Å². The van der Waals surface area contributed by atoms with Gasteiger partial charge in [0, 0.05) is 86.7 Å². The summed E-state index contributed by atoms with van der Waals surface area (Å²) in [6, 6.07) is 15.0. The van der Waals surface area contributed by atoms with Crippen molar-refractivity contribution in [1.29, 1.82) is 5.41 Å².